The van der Waals surface area contributed by atoms with Gasteiger partial charge in [0.25, 0.3) is 0 Å². The Labute approximate surface area is 152 Å². The van der Waals surface area contributed by atoms with Crippen LogP contribution in [0.2, 0.25) is 0 Å². The number of rotatable bonds is 5. The molecule has 0 spiro atoms. The van der Waals surface area contributed by atoms with Gasteiger partial charge in [-0.3, -0.25) is 0 Å². The van der Waals surface area contributed by atoms with Crippen LogP contribution in [0.3, 0.4) is 0 Å². The Kier molecular flexibility index (Phi) is 4.99. The van der Waals surface area contributed by atoms with Crippen molar-refractivity contribution in [1.29, 1.82) is 0 Å². The highest BCUT2D eigenvalue weighted by Gasteiger charge is 2.13. The molecule has 0 atom stereocenters. The highest BCUT2D eigenvalue weighted by Crippen LogP contribution is 2.34. The Morgan fingerprint density at radius 2 is 1.72 bits per heavy atom. The molecule has 8 heteroatoms. The maximum atomic E-state index is 9.83. The zero-order valence-corrected chi connectivity index (χ0v) is 15.1. The number of aromatic hydroxyl groups is 1. The molecule has 3 rings (SSSR count). The minimum atomic E-state index is 0.0356. The van der Waals surface area contributed by atoms with E-state index in [1.54, 1.807) is 30.1 Å². The summed E-state index contributed by atoms with van der Waals surface area (Å²) >= 11 is 3.33. The van der Waals surface area contributed by atoms with Crippen molar-refractivity contribution < 1.29 is 14.6 Å². The van der Waals surface area contributed by atoms with E-state index >= 15 is 0 Å². The smallest absolute Gasteiger partial charge is 0.245 e. The maximum absolute atomic E-state index is 9.83. The molecular formula is C17H15BrN4O3. The molecule has 0 amide bonds. The van der Waals surface area contributed by atoms with Crippen LogP contribution >= 0.6 is 15.9 Å². The van der Waals surface area contributed by atoms with E-state index < -0.39 is 0 Å². The molecule has 0 unspecified atom stereocenters. The van der Waals surface area contributed by atoms with Gasteiger partial charge in [-0.2, -0.15) is 9.78 Å². The van der Waals surface area contributed by atoms with Crippen LogP contribution in [0, 0.1) is 0 Å². The summed E-state index contributed by atoms with van der Waals surface area (Å²) in [7, 11) is 3.14. The van der Waals surface area contributed by atoms with Gasteiger partial charge >= 0.3 is 0 Å². The van der Waals surface area contributed by atoms with Gasteiger partial charge in [0.15, 0.2) is 5.69 Å². The summed E-state index contributed by atoms with van der Waals surface area (Å²) < 4.78 is 13.0. The molecule has 0 bridgehead atoms. The van der Waals surface area contributed by atoms with Gasteiger partial charge in [0, 0.05) is 4.47 Å². The lowest BCUT2D eigenvalue weighted by molar-refractivity contribution is 0.384. The van der Waals surface area contributed by atoms with Gasteiger partial charge in [-0.15, -0.1) is 10.2 Å². The summed E-state index contributed by atoms with van der Waals surface area (Å²) in [5, 5.41) is 22.3. The third-order valence-corrected chi connectivity index (χ3v) is 3.91. The summed E-state index contributed by atoms with van der Waals surface area (Å²) in [4.78, 5) is 0. The van der Waals surface area contributed by atoms with Crippen molar-refractivity contribution in [2.24, 2.45) is 10.2 Å². The lowest BCUT2D eigenvalue weighted by Gasteiger charge is -2.07. The number of azo groups is 1. The first kappa shape index (κ1) is 17.0. The van der Waals surface area contributed by atoms with Crippen molar-refractivity contribution in [3.8, 4) is 23.1 Å². The average Bonchev–Trinajstić information content (AvgIpc) is 3.05. The Bertz CT molecular complexity index is 907. The number of hydrogen-bond donors (Lipinski definition) is 1. The number of nitrogens with zero attached hydrogens (tertiary/aromatic N) is 4. The number of phenols is 1. The van der Waals surface area contributed by atoms with Gasteiger partial charge < -0.3 is 14.6 Å². The van der Waals surface area contributed by atoms with E-state index in [2.05, 4.69) is 31.3 Å². The van der Waals surface area contributed by atoms with Gasteiger partial charge in [0.1, 0.15) is 17.2 Å². The third kappa shape index (κ3) is 3.63. The number of methoxy groups -OCH3 is 2. The fraction of sp³-hybridized carbons (Fsp3) is 0.118. The molecule has 128 valence electrons. The highest BCUT2D eigenvalue weighted by atomic mass is 79.9. The molecule has 25 heavy (non-hydrogen) atoms. The molecular weight excluding hydrogens is 388 g/mol. The van der Waals surface area contributed by atoms with Gasteiger partial charge in [-0.05, 0) is 42.5 Å². The van der Waals surface area contributed by atoms with Crippen molar-refractivity contribution >= 4 is 27.3 Å². The Morgan fingerprint density at radius 1 is 1.00 bits per heavy atom. The number of hydrogen-bond acceptors (Lipinski definition) is 6. The number of phenolic OH excluding ortho intramolecular Hbond substituents is 1. The fourth-order valence-corrected chi connectivity index (χ4v) is 2.53. The first-order chi connectivity index (χ1) is 12.1. The van der Waals surface area contributed by atoms with Crippen LogP contribution in [-0.4, -0.2) is 29.1 Å². The lowest BCUT2D eigenvalue weighted by Crippen LogP contribution is -1.99. The maximum Gasteiger partial charge on any atom is 0.245 e. The van der Waals surface area contributed by atoms with Crippen LogP contribution in [0.4, 0.5) is 11.4 Å². The van der Waals surface area contributed by atoms with Crippen LogP contribution < -0.4 is 9.47 Å². The van der Waals surface area contributed by atoms with E-state index in [0.717, 1.165) is 15.9 Å². The van der Waals surface area contributed by atoms with E-state index in [-0.39, 0.29) is 5.75 Å². The van der Waals surface area contributed by atoms with Gasteiger partial charge in [-0.25, -0.2) is 0 Å². The summed E-state index contributed by atoms with van der Waals surface area (Å²) in [6, 6.07) is 12.3. The second-order valence-electron chi connectivity index (χ2n) is 4.98. The second-order valence-corrected chi connectivity index (χ2v) is 5.90. The van der Waals surface area contributed by atoms with Crippen molar-refractivity contribution in [2.45, 2.75) is 0 Å². The molecule has 2 aromatic carbocycles. The third-order valence-electron chi connectivity index (χ3n) is 3.42. The van der Waals surface area contributed by atoms with Gasteiger partial charge in [0.2, 0.25) is 5.88 Å². The van der Waals surface area contributed by atoms with Crippen molar-refractivity contribution in [1.82, 2.24) is 9.78 Å². The molecule has 0 aliphatic heterocycles. The SMILES string of the molecule is COc1ccc(-n2ncc(N=Nc3cc(Br)ccc3O)c2OC)cc1. The Hall–Kier alpha value is -2.87. The summed E-state index contributed by atoms with van der Waals surface area (Å²) in [6.07, 6.45) is 1.54. The standard InChI is InChI=1S/C17H15BrN4O3/c1-24-13-6-4-12(5-7-13)22-17(25-2)15(10-19-22)21-20-14-9-11(18)3-8-16(14)23/h3-10,23H,1-2H3. The predicted octanol–water partition coefficient (Wildman–Crippen LogP) is 4.77. The Morgan fingerprint density at radius 3 is 2.40 bits per heavy atom. The Balaban J connectivity index is 1.94. The summed E-state index contributed by atoms with van der Waals surface area (Å²) in [5.41, 5.74) is 1.58. The normalized spacial score (nSPS) is 11.0. The molecule has 3 aromatic rings. The average molecular weight is 403 g/mol. The van der Waals surface area contributed by atoms with Crippen molar-refractivity contribution in [2.75, 3.05) is 14.2 Å². The molecule has 1 aromatic heterocycles. The minimum Gasteiger partial charge on any atom is -0.506 e. The summed E-state index contributed by atoms with van der Waals surface area (Å²) in [5.74, 6) is 1.22. The van der Waals surface area contributed by atoms with Crippen molar-refractivity contribution in [3.05, 3.63) is 53.1 Å². The highest BCUT2D eigenvalue weighted by molar-refractivity contribution is 9.10. The number of halogens is 1. The zero-order valence-electron chi connectivity index (χ0n) is 13.5. The van der Waals surface area contributed by atoms with E-state index in [9.17, 15) is 5.11 Å². The van der Waals surface area contributed by atoms with Crippen LogP contribution in [0.1, 0.15) is 0 Å². The number of benzene rings is 2. The van der Waals surface area contributed by atoms with Crippen LogP contribution in [0.15, 0.2) is 63.4 Å². The quantitative estimate of drug-likeness (QED) is 0.622. The zero-order chi connectivity index (χ0) is 17.8. The molecule has 1 heterocycles. The first-order valence-corrected chi connectivity index (χ1v) is 8.08. The van der Waals surface area contributed by atoms with E-state index in [0.29, 0.717) is 17.3 Å². The van der Waals surface area contributed by atoms with E-state index in [1.807, 2.05) is 24.3 Å². The largest absolute Gasteiger partial charge is 0.506 e. The van der Waals surface area contributed by atoms with E-state index in [4.69, 9.17) is 9.47 Å². The molecule has 0 aliphatic rings. The first-order valence-electron chi connectivity index (χ1n) is 7.29. The molecule has 7 nitrogen and oxygen atoms in total. The molecule has 0 saturated heterocycles. The van der Waals surface area contributed by atoms with Gasteiger partial charge in [0.05, 0.1) is 26.1 Å². The monoisotopic (exact) mass is 402 g/mol. The lowest BCUT2D eigenvalue weighted by atomic mass is 10.3. The topological polar surface area (TPSA) is 81.2 Å². The second kappa shape index (κ2) is 7.35. The van der Waals surface area contributed by atoms with Crippen LogP contribution in [0.25, 0.3) is 5.69 Å². The molecule has 0 radical (unpaired) electrons. The predicted molar refractivity (Wildman–Crippen MR) is 96.7 cm³/mol. The van der Waals surface area contributed by atoms with Crippen molar-refractivity contribution in [3.63, 3.8) is 0 Å². The van der Waals surface area contributed by atoms with Gasteiger partial charge in [-0.1, -0.05) is 15.9 Å². The molecule has 0 aliphatic carbocycles. The summed E-state index contributed by atoms with van der Waals surface area (Å²) in [6.45, 7) is 0. The fourth-order valence-electron chi connectivity index (χ4n) is 2.18. The number of aromatic nitrogens is 2. The van der Waals surface area contributed by atoms with E-state index in [1.165, 1.54) is 13.2 Å². The molecule has 1 N–H and O–H groups in total. The minimum absolute atomic E-state index is 0.0356. The number of ether oxygens (including phenoxy) is 2. The molecule has 0 saturated carbocycles. The molecule has 0 fully saturated rings. The van der Waals surface area contributed by atoms with Crippen LogP contribution in [0.5, 0.6) is 17.4 Å². The van der Waals surface area contributed by atoms with Crippen LogP contribution in [-0.2, 0) is 0 Å².